The largest absolute Gasteiger partial charge is 0.490 e. The van der Waals surface area contributed by atoms with E-state index in [1.165, 1.54) is 0 Å². The fourth-order valence-corrected chi connectivity index (χ4v) is 2.18. The Hall–Kier alpha value is -1.78. The Labute approximate surface area is 149 Å². The van der Waals surface area contributed by atoms with Gasteiger partial charge in [0.1, 0.15) is 11.8 Å². The van der Waals surface area contributed by atoms with Gasteiger partial charge in [-0.05, 0) is 51.5 Å². The van der Waals surface area contributed by atoms with Gasteiger partial charge in [-0.1, -0.05) is 23.7 Å². The van der Waals surface area contributed by atoms with Crippen molar-refractivity contribution in [3.8, 4) is 11.5 Å². The fourth-order valence-electron chi connectivity index (χ4n) is 2.07. The first-order valence-corrected chi connectivity index (χ1v) is 8.49. The van der Waals surface area contributed by atoms with E-state index in [4.69, 9.17) is 21.1 Å². The van der Waals surface area contributed by atoms with Crippen LogP contribution in [0.2, 0.25) is 5.15 Å². The summed E-state index contributed by atoms with van der Waals surface area (Å²) in [6.45, 7) is 10.2. The van der Waals surface area contributed by atoms with Crippen LogP contribution in [-0.2, 0) is 13.2 Å². The van der Waals surface area contributed by atoms with Gasteiger partial charge in [0, 0.05) is 23.8 Å². The highest BCUT2D eigenvalue weighted by atomic mass is 35.5. The summed E-state index contributed by atoms with van der Waals surface area (Å²) in [7, 11) is 0. The molecule has 5 heteroatoms. The van der Waals surface area contributed by atoms with Crippen molar-refractivity contribution in [3.05, 3.63) is 52.8 Å². The van der Waals surface area contributed by atoms with Crippen molar-refractivity contribution in [2.45, 2.75) is 46.4 Å². The number of ether oxygens (including phenoxy) is 2. The van der Waals surface area contributed by atoms with Gasteiger partial charge in [-0.15, -0.1) is 0 Å². The number of nitrogens with zero attached hydrogens (tertiary/aromatic N) is 1. The molecule has 1 heterocycles. The minimum absolute atomic E-state index is 0.0720. The van der Waals surface area contributed by atoms with Gasteiger partial charge >= 0.3 is 0 Å². The van der Waals surface area contributed by atoms with Crippen LogP contribution in [0.3, 0.4) is 0 Å². The van der Waals surface area contributed by atoms with Crippen LogP contribution in [0.15, 0.2) is 36.5 Å². The third-order valence-electron chi connectivity index (χ3n) is 3.31. The van der Waals surface area contributed by atoms with E-state index in [0.29, 0.717) is 18.4 Å². The highest BCUT2D eigenvalue weighted by molar-refractivity contribution is 6.29. The van der Waals surface area contributed by atoms with Crippen LogP contribution < -0.4 is 14.8 Å². The summed E-state index contributed by atoms with van der Waals surface area (Å²) >= 11 is 5.80. The number of aromatic nitrogens is 1. The van der Waals surface area contributed by atoms with Crippen molar-refractivity contribution < 1.29 is 9.47 Å². The second kappa shape index (κ2) is 8.36. The first-order chi connectivity index (χ1) is 11.4. The van der Waals surface area contributed by atoms with Crippen LogP contribution in [0.4, 0.5) is 0 Å². The Morgan fingerprint density at radius 3 is 2.42 bits per heavy atom. The van der Waals surface area contributed by atoms with Crippen molar-refractivity contribution in [2.75, 3.05) is 6.61 Å². The third-order valence-corrected chi connectivity index (χ3v) is 3.54. The first kappa shape index (κ1) is 18.6. The second-order valence-corrected chi connectivity index (χ2v) is 6.98. The molecule has 0 saturated heterocycles. The maximum absolute atomic E-state index is 5.89. The van der Waals surface area contributed by atoms with E-state index in [1.54, 1.807) is 12.3 Å². The van der Waals surface area contributed by atoms with Crippen molar-refractivity contribution in [2.24, 2.45) is 0 Å². The Morgan fingerprint density at radius 2 is 1.79 bits per heavy atom. The minimum atomic E-state index is 0.0720. The summed E-state index contributed by atoms with van der Waals surface area (Å²) in [4.78, 5) is 4.06. The molecule has 0 unspecified atom stereocenters. The molecule has 0 spiro atoms. The molecule has 2 aromatic rings. The second-order valence-electron chi connectivity index (χ2n) is 6.60. The zero-order valence-electron chi connectivity index (χ0n) is 14.7. The van der Waals surface area contributed by atoms with Crippen molar-refractivity contribution in [1.29, 1.82) is 0 Å². The molecule has 0 fully saturated rings. The summed E-state index contributed by atoms with van der Waals surface area (Å²) in [5, 5.41) is 3.95. The van der Waals surface area contributed by atoms with Gasteiger partial charge in [-0.2, -0.15) is 0 Å². The molecule has 130 valence electrons. The van der Waals surface area contributed by atoms with Crippen LogP contribution in [0.1, 0.15) is 38.8 Å². The highest BCUT2D eigenvalue weighted by Gasteiger charge is 2.11. The Morgan fingerprint density at radius 1 is 1.04 bits per heavy atom. The molecular formula is C19H25ClN2O2. The number of hydrogen-bond donors (Lipinski definition) is 1. The average molecular weight is 349 g/mol. The molecule has 0 saturated carbocycles. The Bertz CT molecular complexity index is 651. The van der Waals surface area contributed by atoms with Crippen molar-refractivity contribution in [3.63, 3.8) is 0 Å². The fraction of sp³-hybridized carbons (Fsp3) is 0.421. The van der Waals surface area contributed by atoms with E-state index >= 15 is 0 Å². The molecule has 4 nitrogen and oxygen atoms in total. The zero-order chi connectivity index (χ0) is 17.6. The van der Waals surface area contributed by atoms with Gasteiger partial charge < -0.3 is 14.8 Å². The predicted molar refractivity (Wildman–Crippen MR) is 97.8 cm³/mol. The molecule has 0 aliphatic carbocycles. The lowest BCUT2D eigenvalue weighted by Gasteiger charge is -2.21. The maximum atomic E-state index is 5.89. The number of nitrogens with one attached hydrogen (secondary N) is 1. The molecule has 1 aromatic carbocycles. The van der Waals surface area contributed by atoms with Crippen LogP contribution in [0.25, 0.3) is 0 Å². The predicted octanol–water partition coefficient (Wildman–Crippen LogP) is 4.60. The van der Waals surface area contributed by atoms with Crippen LogP contribution in [0, 0.1) is 0 Å². The number of halogens is 1. The number of benzene rings is 1. The third kappa shape index (κ3) is 6.02. The Kier molecular flexibility index (Phi) is 6.46. The number of hydrogen-bond acceptors (Lipinski definition) is 4. The van der Waals surface area contributed by atoms with Gasteiger partial charge in [-0.3, -0.25) is 0 Å². The highest BCUT2D eigenvalue weighted by Crippen LogP contribution is 2.29. The molecule has 2 rings (SSSR count). The molecule has 0 amide bonds. The molecule has 0 aliphatic rings. The van der Waals surface area contributed by atoms with Gasteiger partial charge in [0.2, 0.25) is 0 Å². The van der Waals surface area contributed by atoms with Gasteiger partial charge in [0.05, 0.1) is 6.61 Å². The summed E-state index contributed by atoms with van der Waals surface area (Å²) < 4.78 is 11.6. The minimum Gasteiger partial charge on any atom is -0.490 e. The molecule has 0 radical (unpaired) electrons. The van der Waals surface area contributed by atoms with E-state index < -0.39 is 0 Å². The van der Waals surface area contributed by atoms with Crippen molar-refractivity contribution in [1.82, 2.24) is 10.3 Å². The molecule has 1 N–H and O–H groups in total. The molecule has 24 heavy (non-hydrogen) atoms. The lowest BCUT2D eigenvalue weighted by molar-refractivity contribution is 0.268. The number of rotatable bonds is 7. The van der Waals surface area contributed by atoms with Crippen LogP contribution in [0.5, 0.6) is 11.5 Å². The quantitative estimate of drug-likeness (QED) is 0.742. The maximum Gasteiger partial charge on any atom is 0.161 e. The summed E-state index contributed by atoms with van der Waals surface area (Å²) in [5.41, 5.74) is 2.19. The standard InChI is InChI=1S/C19H25ClN2O2/c1-5-23-17-10-14(12-22-19(2,3)4)6-8-16(17)24-13-15-7-9-18(20)21-11-15/h6-11,22H,5,12-13H2,1-4H3. The lowest BCUT2D eigenvalue weighted by Crippen LogP contribution is -2.35. The molecule has 1 aromatic heterocycles. The SMILES string of the molecule is CCOc1cc(CNC(C)(C)C)ccc1OCc1ccc(Cl)nc1. The molecule has 0 bridgehead atoms. The summed E-state index contributed by atoms with van der Waals surface area (Å²) in [5.74, 6) is 1.49. The Balaban J connectivity index is 2.06. The smallest absolute Gasteiger partial charge is 0.161 e. The van der Waals surface area contributed by atoms with Crippen LogP contribution >= 0.6 is 11.6 Å². The topological polar surface area (TPSA) is 43.4 Å². The van der Waals surface area contributed by atoms with E-state index in [-0.39, 0.29) is 5.54 Å². The van der Waals surface area contributed by atoms with E-state index in [1.807, 2.05) is 25.1 Å². The van der Waals surface area contributed by atoms with E-state index in [0.717, 1.165) is 29.2 Å². The van der Waals surface area contributed by atoms with Crippen LogP contribution in [-0.4, -0.2) is 17.1 Å². The first-order valence-electron chi connectivity index (χ1n) is 8.11. The molecular weight excluding hydrogens is 324 g/mol. The molecule has 0 atom stereocenters. The van der Waals surface area contributed by atoms with Gasteiger partial charge in [-0.25, -0.2) is 4.98 Å². The summed E-state index contributed by atoms with van der Waals surface area (Å²) in [6, 6.07) is 9.69. The normalized spacial score (nSPS) is 11.4. The molecule has 0 aliphatic heterocycles. The summed E-state index contributed by atoms with van der Waals surface area (Å²) in [6.07, 6.45) is 1.71. The lowest BCUT2D eigenvalue weighted by atomic mass is 10.1. The van der Waals surface area contributed by atoms with Crippen molar-refractivity contribution >= 4 is 11.6 Å². The monoisotopic (exact) mass is 348 g/mol. The van der Waals surface area contributed by atoms with Gasteiger partial charge in [0.15, 0.2) is 11.5 Å². The van der Waals surface area contributed by atoms with Gasteiger partial charge in [0.25, 0.3) is 0 Å². The average Bonchev–Trinajstić information content (AvgIpc) is 2.53. The number of pyridine rings is 1. The van der Waals surface area contributed by atoms with E-state index in [2.05, 4.69) is 37.1 Å². The van der Waals surface area contributed by atoms with E-state index in [9.17, 15) is 0 Å². The zero-order valence-corrected chi connectivity index (χ0v) is 15.5.